The summed E-state index contributed by atoms with van der Waals surface area (Å²) >= 11 is 6.09. The Bertz CT molecular complexity index is 779. The third kappa shape index (κ3) is 3.94. The number of carbonyl (C=O) groups is 2. The van der Waals surface area contributed by atoms with Crippen molar-refractivity contribution in [2.24, 2.45) is 0 Å². The van der Waals surface area contributed by atoms with Crippen LogP contribution in [0.2, 0.25) is 5.02 Å². The zero-order valence-electron chi connectivity index (χ0n) is 13.9. The van der Waals surface area contributed by atoms with Gasteiger partial charge in [0.15, 0.2) is 0 Å². The number of hydrogen-bond donors (Lipinski definition) is 1. The lowest BCUT2D eigenvalue weighted by Gasteiger charge is -2.24. The monoisotopic (exact) mass is 358 g/mol. The van der Waals surface area contributed by atoms with Gasteiger partial charge in [0, 0.05) is 18.7 Å². The first kappa shape index (κ1) is 17.3. The predicted molar refractivity (Wildman–Crippen MR) is 96.6 cm³/mol. The normalized spacial score (nSPS) is 16.8. The van der Waals surface area contributed by atoms with E-state index in [9.17, 15) is 9.59 Å². The van der Waals surface area contributed by atoms with Crippen molar-refractivity contribution in [2.45, 2.75) is 25.4 Å². The highest BCUT2D eigenvalue weighted by Crippen LogP contribution is 2.28. The highest BCUT2D eigenvalue weighted by atomic mass is 35.5. The molecule has 1 N–H and O–H groups in total. The van der Waals surface area contributed by atoms with E-state index in [1.54, 1.807) is 23.1 Å². The maximum atomic E-state index is 12.6. The van der Waals surface area contributed by atoms with Gasteiger partial charge in [0.2, 0.25) is 11.8 Å². The molecule has 0 aliphatic carbocycles. The topological polar surface area (TPSA) is 58.6 Å². The Morgan fingerprint density at radius 2 is 2.04 bits per heavy atom. The van der Waals surface area contributed by atoms with Crippen LogP contribution >= 0.6 is 11.6 Å². The molecule has 130 valence electrons. The Balaban J connectivity index is 1.72. The minimum absolute atomic E-state index is 0.00299. The third-order valence-electron chi connectivity index (χ3n) is 4.25. The van der Waals surface area contributed by atoms with Crippen molar-refractivity contribution >= 4 is 29.1 Å². The molecule has 2 aromatic carbocycles. The fraction of sp³-hybridized carbons (Fsp3) is 0.263. The summed E-state index contributed by atoms with van der Waals surface area (Å²) in [6.45, 7) is 0.432. The zero-order chi connectivity index (χ0) is 17.8. The van der Waals surface area contributed by atoms with E-state index in [4.69, 9.17) is 16.3 Å². The summed E-state index contributed by atoms with van der Waals surface area (Å²) in [5.41, 5.74) is 1.58. The quantitative estimate of drug-likeness (QED) is 0.890. The van der Waals surface area contributed by atoms with E-state index in [-0.39, 0.29) is 11.8 Å². The Hall–Kier alpha value is -2.53. The summed E-state index contributed by atoms with van der Waals surface area (Å²) in [4.78, 5) is 26.5. The van der Waals surface area contributed by atoms with Gasteiger partial charge in [-0.2, -0.15) is 0 Å². The van der Waals surface area contributed by atoms with Crippen LogP contribution in [-0.4, -0.2) is 29.9 Å². The van der Waals surface area contributed by atoms with Crippen molar-refractivity contribution in [1.29, 1.82) is 0 Å². The largest absolute Gasteiger partial charge is 0.495 e. The van der Waals surface area contributed by atoms with Gasteiger partial charge in [-0.1, -0.05) is 41.9 Å². The summed E-state index contributed by atoms with van der Waals surface area (Å²) < 4.78 is 5.10. The van der Waals surface area contributed by atoms with Crippen LogP contribution in [0.4, 0.5) is 5.69 Å². The first-order chi connectivity index (χ1) is 12.1. The number of amides is 2. The minimum Gasteiger partial charge on any atom is -0.495 e. The molecule has 1 saturated heterocycles. The second-order valence-electron chi connectivity index (χ2n) is 5.90. The summed E-state index contributed by atoms with van der Waals surface area (Å²) in [5.74, 6) is 0.334. The smallest absolute Gasteiger partial charge is 0.247 e. The molecule has 1 unspecified atom stereocenters. The third-order valence-corrected chi connectivity index (χ3v) is 4.54. The molecule has 25 heavy (non-hydrogen) atoms. The average Bonchev–Trinajstić information content (AvgIpc) is 2.97. The Kier molecular flexibility index (Phi) is 5.24. The molecule has 1 aliphatic rings. The van der Waals surface area contributed by atoms with Crippen molar-refractivity contribution < 1.29 is 14.3 Å². The van der Waals surface area contributed by atoms with Crippen LogP contribution in [0.15, 0.2) is 48.5 Å². The fourth-order valence-corrected chi connectivity index (χ4v) is 3.21. The van der Waals surface area contributed by atoms with Crippen molar-refractivity contribution in [1.82, 2.24) is 4.90 Å². The van der Waals surface area contributed by atoms with Gasteiger partial charge in [0.25, 0.3) is 0 Å². The van der Waals surface area contributed by atoms with Crippen LogP contribution in [0.5, 0.6) is 5.75 Å². The molecule has 0 saturated carbocycles. The highest BCUT2D eigenvalue weighted by molar-refractivity contribution is 6.32. The SMILES string of the molecule is COc1ccc(NC(=O)C2CCC(=O)N2Cc2ccccc2)cc1Cl. The van der Waals surface area contributed by atoms with Crippen LogP contribution in [0.3, 0.4) is 0 Å². The Morgan fingerprint density at radius 3 is 2.72 bits per heavy atom. The number of nitrogens with zero attached hydrogens (tertiary/aromatic N) is 1. The lowest BCUT2D eigenvalue weighted by Crippen LogP contribution is -2.41. The molecule has 0 spiro atoms. The van der Waals surface area contributed by atoms with Gasteiger partial charge in [-0.15, -0.1) is 0 Å². The van der Waals surface area contributed by atoms with E-state index in [1.807, 2.05) is 30.3 Å². The predicted octanol–water partition coefficient (Wildman–Crippen LogP) is 3.48. The van der Waals surface area contributed by atoms with Gasteiger partial charge < -0.3 is 15.0 Å². The number of ether oxygens (including phenoxy) is 1. The summed E-state index contributed by atoms with van der Waals surface area (Å²) in [6, 6.07) is 14.2. The number of rotatable bonds is 5. The van der Waals surface area contributed by atoms with Gasteiger partial charge in [0.1, 0.15) is 11.8 Å². The van der Waals surface area contributed by atoms with Gasteiger partial charge in [0.05, 0.1) is 12.1 Å². The van der Waals surface area contributed by atoms with Crippen LogP contribution in [0.25, 0.3) is 0 Å². The molecule has 5 nitrogen and oxygen atoms in total. The van der Waals surface area contributed by atoms with E-state index >= 15 is 0 Å². The molecule has 0 aromatic heterocycles. The number of carbonyl (C=O) groups excluding carboxylic acids is 2. The molecule has 1 atom stereocenters. The maximum absolute atomic E-state index is 12.6. The number of anilines is 1. The maximum Gasteiger partial charge on any atom is 0.247 e. The molecular formula is C19H19ClN2O3. The zero-order valence-corrected chi connectivity index (χ0v) is 14.6. The van der Waals surface area contributed by atoms with Gasteiger partial charge >= 0.3 is 0 Å². The van der Waals surface area contributed by atoms with E-state index in [0.29, 0.717) is 35.8 Å². The summed E-state index contributed by atoms with van der Waals surface area (Å²) in [6.07, 6.45) is 0.898. The second-order valence-corrected chi connectivity index (χ2v) is 6.31. The molecule has 3 rings (SSSR count). The van der Waals surface area contributed by atoms with Crippen molar-refractivity contribution in [3.05, 3.63) is 59.1 Å². The molecule has 1 aliphatic heterocycles. The van der Waals surface area contributed by atoms with Crippen molar-refractivity contribution in [3.8, 4) is 5.75 Å². The molecule has 2 aromatic rings. The summed E-state index contributed by atoms with van der Waals surface area (Å²) in [5, 5.41) is 3.26. The first-order valence-corrected chi connectivity index (χ1v) is 8.44. The van der Waals surface area contributed by atoms with Crippen molar-refractivity contribution in [3.63, 3.8) is 0 Å². The lowest BCUT2D eigenvalue weighted by molar-refractivity contribution is -0.133. The number of nitrogens with one attached hydrogen (secondary N) is 1. The molecule has 0 bridgehead atoms. The number of methoxy groups -OCH3 is 1. The van der Waals surface area contributed by atoms with Crippen LogP contribution in [0.1, 0.15) is 18.4 Å². The highest BCUT2D eigenvalue weighted by Gasteiger charge is 2.35. The van der Waals surface area contributed by atoms with E-state index in [2.05, 4.69) is 5.32 Å². The van der Waals surface area contributed by atoms with Crippen LogP contribution in [-0.2, 0) is 16.1 Å². The van der Waals surface area contributed by atoms with Crippen LogP contribution in [0, 0.1) is 0 Å². The van der Waals surface area contributed by atoms with Crippen LogP contribution < -0.4 is 10.1 Å². The molecule has 6 heteroatoms. The number of halogens is 1. The lowest BCUT2D eigenvalue weighted by atomic mass is 10.1. The summed E-state index contributed by atoms with van der Waals surface area (Å²) in [7, 11) is 1.53. The van der Waals surface area contributed by atoms with E-state index in [1.165, 1.54) is 7.11 Å². The first-order valence-electron chi connectivity index (χ1n) is 8.06. The van der Waals surface area contributed by atoms with Gasteiger partial charge in [-0.25, -0.2) is 0 Å². The minimum atomic E-state index is -0.478. The molecule has 1 fully saturated rings. The van der Waals surface area contributed by atoms with E-state index < -0.39 is 6.04 Å². The Labute approximate surface area is 151 Å². The van der Waals surface area contributed by atoms with Gasteiger partial charge in [-0.3, -0.25) is 9.59 Å². The number of benzene rings is 2. The fourth-order valence-electron chi connectivity index (χ4n) is 2.95. The standard InChI is InChI=1S/C19H19ClN2O3/c1-25-17-9-7-14(11-15(17)20)21-19(24)16-8-10-18(23)22(16)12-13-5-3-2-4-6-13/h2-7,9,11,16H,8,10,12H2,1H3,(H,21,24). The molecule has 0 radical (unpaired) electrons. The van der Waals surface area contributed by atoms with Gasteiger partial charge in [-0.05, 0) is 30.2 Å². The number of hydrogen-bond acceptors (Lipinski definition) is 3. The molecule has 1 heterocycles. The Morgan fingerprint density at radius 1 is 1.28 bits per heavy atom. The van der Waals surface area contributed by atoms with Crippen molar-refractivity contribution in [2.75, 3.05) is 12.4 Å². The molecule has 2 amide bonds. The average molecular weight is 359 g/mol. The second kappa shape index (κ2) is 7.57. The molecular weight excluding hydrogens is 340 g/mol. The number of likely N-dealkylation sites (tertiary alicyclic amines) is 1. The van der Waals surface area contributed by atoms with E-state index in [0.717, 1.165) is 5.56 Å².